The normalized spacial score (nSPS) is 15.9. The van der Waals surface area contributed by atoms with Crippen LogP contribution in [0.1, 0.15) is 34.9 Å². The highest BCUT2D eigenvalue weighted by Crippen LogP contribution is 2.27. The lowest BCUT2D eigenvalue weighted by molar-refractivity contribution is 0.0932. The fraction of sp³-hybridized carbons (Fsp3) is 0.389. The van der Waals surface area contributed by atoms with Gasteiger partial charge in [-0.15, -0.1) is 0 Å². The van der Waals surface area contributed by atoms with Gasteiger partial charge in [0.25, 0.3) is 5.91 Å². The first kappa shape index (κ1) is 16.4. The Morgan fingerprint density at radius 1 is 1.33 bits per heavy atom. The second-order valence-corrected chi connectivity index (χ2v) is 5.84. The zero-order valence-electron chi connectivity index (χ0n) is 13.8. The van der Waals surface area contributed by atoms with Crippen LogP contribution in [0.25, 0.3) is 0 Å². The van der Waals surface area contributed by atoms with Crippen molar-refractivity contribution in [1.82, 2.24) is 20.2 Å². The molecular formula is C18H22N4O2. The maximum atomic E-state index is 12.3. The monoisotopic (exact) mass is 326 g/mol. The van der Waals surface area contributed by atoms with Crippen molar-refractivity contribution in [2.45, 2.75) is 18.9 Å². The van der Waals surface area contributed by atoms with Crippen LogP contribution >= 0.6 is 0 Å². The van der Waals surface area contributed by atoms with Gasteiger partial charge in [-0.25, -0.2) is 4.98 Å². The Morgan fingerprint density at radius 2 is 2.17 bits per heavy atom. The number of carbonyl (C=O) groups excluding carboxylic acids is 1. The van der Waals surface area contributed by atoms with Gasteiger partial charge in [-0.05, 0) is 43.6 Å². The Balaban J connectivity index is 1.74. The summed E-state index contributed by atoms with van der Waals surface area (Å²) in [7, 11) is 1.67. The van der Waals surface area contributed by atoms with E-state index in [0.717, 1.165) is 24.4 Å². The summed E-state index contributed by atoms with van der Waals surface area (Å²) in [6.07, 6.45) is 6.94. The van der Waals surface area contributed by atoms with E-state index in [-0.39, 0.29) is 11.9 Å². The molecule has 1 fully saturated rings. The molecule has 1 atom stereocenters. The first-order valence-electron chi connectivity index (χ1n) is 8.20. The van der Waals surface area contributed by atoms with E-state index in [0.29, 0.717) is 12.2 Å². The van der Waals surface area contributed by atoms with Crippen molar-refractivity contribution in [3.8, 4) is 5.75 Å². The number of benzene rings is 1. The third kappa shape index (κ3) is 3.89. The van der Waals surface area contributed by atoms with Crippen molar-refractivity contribution in [1.29, 1.82) is 0 Å². The summed E-state index contributed by atoms with van der Waals surface area (Å²) in [5, 5.41) is 2.99. The van der Waals surface area contributed by atoms with Crippen molar-refractivity contribution >= 4 is 5.91 Å². The molecule has 1 saturated heterocycles. The number of likely N-dealkylation sites (tertiary alicyclic amines) is 1. The van der Waals surface area contributed by atoms with Crippen LogP contribution < -0.4 is 10.1 Å². The number of rotatable bonds is 6. The number of hydrogen-bond donors (Lipinski definition) is 1. The molecule has 0 aliphatic carbocycles. The van der Waals surface area contributed by atoms with E-state index in [9.17, 15) is 4.79 Å². The van der Waals surface area contributed by atoms with Gasteiger partial charge in [0.1, 0.15) is 11.4 Å². The minimum absolute atomic E-state index is 0.128. The molecule has 2 heterocycles. The SMILES string of the molecule is COc1cccc([C@H](CNC(=O)c2cnccn2)N2CCCC2)c1. The zero-order valence-corrected chi connectivity index (χ0v) is 13.8. The molecule has 1 aromatic heterocycles. The quantitative estimate of drug-likeness (QED) is 0.880. The molecule has 2 aromatic rings. The maximum Gasteiger partial charge on any atom is 0.271 e. The van der Waals surface area contributed by atoms with Gasteiger partial charge in [-0.2, -0.15) is 0 Å². The van der Waals surface area contributed by atoms with Crippen LogP contribution in [0.5, 0.6) is 5.75 Å². The molecule has 6 heteroatoms. The Hall–Kier alpha value is -2.47. The smallest absolute Gasteiger partial charge is 0.271 e. The van der Waals surface area contributed by atoms with Gasteiger partial charge in [0, 0.05) is 18.9 Å². The zero-order chi connectivity index (χ0) is 16.8. The first-order chi connectivity index (χ1) is 11.8. The Labute approximate surface area is 141 Å². The van der Waals surface area contributed by atoms with E-state index in [1.807, 2.05) is 18.2 Å². The number of methoxy groups -OCH3 is 1. The van der Waals surface area contributed by atoms with Gasteiger partial charge in [-0.1, -0.05) is 12.1 Å². The van der Waals surface area contributed by atoms with Gasteiger partial charge < -0.3 is 10.1 Å². The molecule has 0 bridgehead atoms. The van der Waals surface area contributed by atoms with Crippen LogP contribution in [-0.2, 0) is 0 Å². The largest absolute Gasteiger partial charge is 0.497 e. The van der Waals surface area contributed by atoms with Gasteiger partial charge in [-0.3, -0.25) is 14.7 Å². The van der Waals surface area contributed by atoms with Crippen LogP contribution in [0.4, 0.5) is 0 Å². The van der Waals surface area contributed by atoms with Crippen molar-refractivity contribution in [3.63, 3.8) is 0 Å². The summed E-state index contributed by atoms with van der Waals surface area (Å²) in [6.45, 7) is 2.62. The lowest BCUT2D eigenvalue weighted by atomic mass is 10.0. The lowest BCUT2D eigenvalue weighted by Crippen LogP contribution is -2.37. The number of ether oxygens (including phenoxy) is 1. The minimum Gasteiger partial charge on any atom is -0.497 e. The fourth-order valence-corrected chi connectivity index (χ4v) is 3.06. The molecule has 126 valence electrons. The highest BCUT2D eigenvalue weighted by atomic mass is 16.5. The first-order valence-corrected chi connectivity index (χ1v) is 8.20. The Kier molecular flexibility index (Phi) is 5.38. The standard InChI is InChI=1S/C18H22N4O2/c1-24-15-6-4-5-14(11-15)17(22-9-2-3-10-22)13-21-18(23)16-12-19-7-8-20-16/h4-8,11-12,17H,2-3,9-10,13H2,1H3,(H,21,23)/t17-/m0/s1. The molecule has 6 nitrogen and oxygen atoms in total. The van der Waals surface area contributed by atoms with Crippen molar-refractivity contribution < 1.29 is 9.53 Å². The van der Waals surface area contributed by atoms with Crippen LogP contribution in [0, 0.1) is 0 Å². The molecule has 1 aliphatic rings. The number of nitrogens with one attached hydrogen (secondary N) is 1. The topological polar surface area (TPSA) is 67.3 Å². The number of nitrogens with zero attached hydrogens (tertiary/aromatic N) is 3. The Morgan fingerprint density at radius 3 is 2.88 bits per heavy atom. The molecule has 3 rings (SSSR count). The molecule has 0 unspecified atom stereocenters. The molecular weight excluding hydrogens is 304 g/mol. The summed E-state index contributed by atoms with van der Waals surface area (Å²) in [5.74, 6) is 0.632. The second-order valence-electron chi connectivity index (χ2n) is 5.84. The van der Waals surface area contributed by atoms with E-state index in [4.69, 9.17) is 4.74 Å². The van der Waals surface area contributed by atoms with Crippen LogP contribution in [0.2, 0.25) is 0 Å². The van der Waals surface area contributed by atoms with E-state index in [1.165, 1.54) is 25.2 Å². The van der Waals surface area contributed by atoms with E-state index in [2.05, 4.69) is 26.3 Å². The third-order valence-corrected chi connectivity index (χ3v) is 4.31. The number of aromatic nitrogens is 2. The van der Waals surface area contributed by atoms with Gasteiger partial charge >= 0.3 is 0 Å². The average molecular weight is 326 g/mol. The van der Waals surface area contributed by atoms with Crippen molar-refractivity contribution in [2.24, 2.45) is 0 Å². The molecule has 0 radical (unpaired) electrons. The maximum absolute atomic E-state index is 12.3. The van der Waals surface area contributed by atoms with Gasteiger partial charge in [0.2, 0.25) is 0 Å². The molecule has 0 spiro atoms. The minimum atomic E-state index is -0.199. The number of amides is 1. The predicted octanol–water partition coefficient (Wildman–Crippen LogP) is 2.05. The van der Waals surface area contributed by atoms with Crippen LogP contribution in [-0.4, -0.2) is 47.5 Å². The number of hydrogen-bond acceptors (Lipinski definition) is 5. The van der Waals surface area contributed by atoms with Crippen molar-refractivity contribution in [2.75, 3.05) is 26.7 Å². The second kappa shape index (κ2) is 7.88. The summed E-state index contributed by atoms with van der Waals surface area (Å²) in [6, 6.07) is 8.17. The van der Waals surface area contributed by atoms with Crippen LogP contribution in [0.3, 0.4) is 0 Å². The van der Waals surface area contributed by atoms with Crippen LogP contribution in [0.15, 0.2) is 42.9 Å². The van der Waals surface area contributed by atoms with E-state index in [1.54, 1.807) is 13.3 Å². The lowest BCUT2D eigenvalue weighted by Gasteiger charge is -2.28. The van der Waals surface area contributed by atoms with E-state index < -0.39 is 0 Å². The highest BCUT2D eigenvalue weighted by Gasteiger charge is 2.24. The Bertz CT molecular complexity index is 672. The summed E-state index contributed by atoms with van der Waals surface area (Å²) >= 11 is 0. The molecule has 1 N–H and O–H groups in total. The predicted molar refractivity (Wildman–Crippen MR) is 90.9 cm³/mol. The molecule has 24 heavy (non-hydrogen) atoms. The van der Waals surface area contributed by atoms with Crippen molar-refractivity contribution in [3.05, 3.63) is 54.1 Å². The summed E-state index contributed by atoms with van der Waals surface area (Å²) in [5.41, 5.74) is 1.49. The molecule has 1 aromatic carbocycles. The van der Waals surface area contributed by atoms with Gasteiger partial charge in [0.15, 0.2) is 0 Å². The molecule has 1 aliphatic heterocycles. The average Bonchev–Trinajstić information content (AvgIpc) is 3.17. The molecule has 1 amide bonds. The molecule has 0 saturated carbocycles. The third-order valence-electron chi connectivity index (χ3n) is 4.31. The summed E-state index contributed by atoms with van der Waals surface area (Å²) < 4.78 is 5.34. The fourth-order valence-electron chi connectivity index (χ4n) is 3.06. The summed E-state index contributed by atoms with van der Waals surface area (Å²) in [4.78, 5) is 22.7. The van der Waals surface area contributed by atoms with Gasteiger partial charge in [0.05, 0.1) is 19.3 Å². The highest BCUT2D eigenvalue weighted by molar-refractivity contribution is 5.91. The number of carbonyl (C=O) groups is 1. The van der Waals surface area contributed by atoms with E-state index >= 15 is 0 Å².